The minimum Gasteiger partial charge on any atom is -0.310 e. The Labute approximate surface area is 181 Å². The molecule has 4 aromatic carbocycles. The smallest absolute Gasteiger partial charge is 0.247 e. The number of aromatic nitrogens is 1. The molecule has 0 radical (unpaired) electrons. The molecule has 0 fully saturated rings. The summed E-state index contributed by atoms with van der Waals surface area (Å²) in [5.41, 5.74) is 11.4. The SMILES string of the molecule is CC1(C)c2ccccc2B2c3ccccc3-n3c4ccc(C#N)cc4c4ccc1c2c43. The standard InChI is InChI=1S/C28H19BN2/c1-28(2)20-7-3-4-8-22(20)29-23-9-5-6-10-25(23)31-24-14-11-17(16-30)15-19(24)18-12-13-21(28)26(29)27(18)31/h3-15H,1-2H3. The number of hydrogen-bond donors (Lipinski definition) is 0. The third-order valence-electron chi connectivity index (χ3n) is 7.49. The molecule has 2 aliphatic heterocycles. The van der Waals surface area contributed by atoms with Crippen LogP contribution in [0.5, 0.6) is 0 Å². The van der Waals surface area contributed by atoms with Crippen LogP contribution in [0.4, 0.5) is 0 Å². The van der Waals surface area contributed by atoms with E-state index in [4.69, 9.17) is 0 Å². The summed E-state index contributed by atoms with van der Waals surface area (Å²) in [5.74, 6) is 0. The first kappa shape index (κ1) is 17.0. The first-order valence-electron chi connectivity index (χ1n) is 10.8. The molecule has 0 aliphatic carbocycles. The summed E-state index contributed by atoms with van der Waals surface area (Å²) in [5, 5.41) is 11.9. The molecule has 144 valence electrons. The first-order chi connectivity index (χ1) is 15.1. The number of benzene rings is 4. The molecule has 0 amide bonds. The van der Waals surface area contributed by atoms with Crippen LogP contribution in [0.25, 0.3) is 27.5 Å². The van der Waals surface area contributed by atoms with Gasteiger partial charge in [-0.2, -0.15) is 5.26 Å². The molecule has 1 aromatic heterocycles. The molecule has 0 unspecified atom stereocenters. The summed E-state index contributed by atoms with van der Waals surface area (Å²) in [6.07, 6.45) is 0. The van der Waals surface area contributed by atoms with Gasteiger partial charge in [0, 0.05) is 27.4 Å². The van der Waals surface area contributed by atoms with Gasteiger partial charge in [0.15, 0.2) is 0 Å². The Morgan fingerprint density at radius 1 is 0.806 bits per heavy atom. The second-order valence-corrected chi connectivity index (χ2v) is 9.31. The quantitative estimate of drug-likeness (QED) is 0.356. The molecule has 5 aromatic rings. The molecule has 0 spiro atoms. The van der Waals surface area contributed by atoms with Crippen LogP contribution in [0.2, 0.25) is 0 Å². The van der Waals surface area contributed by atoms with Crippen molar-refractivity contribution in [3.05, 3.63) is 95.6 Å². The molecular weight excluding hydrogens is 375 g/mol. The summed E-state index contributed by atoms with van der Waals surface area (Å²) in [4.78, 5) is 0. The van der Waals surface area contributed by atoms with Crippen molar-refractivity contribution in [1.82, 2.24) is 4.57 Å². The van der Waals surface area contributed by atoms with Gasteiger partial charge in [-0.15, -0.1) is 0 Å². The number of hydrogen-bond acceptors (Lipinski definition) is 1. The van der Waals surface area contributed by atoms with Gasteiger partial charge in [-0.05, 0) is 46.3 Å². The Bertz CT molecular complexity index is 1630. The molecule has 7 rings (SSSR count). The Kier molecular flexibility index (Phi) is 3.00. The predicted octanol–water partition coefficient (Wildman–Crippen LogP) is 4.12. The van der Waals surface area contributed by atoms with E-state index in [1.54, 1.807) is 0 Å². The molecule has 3 heterocycles. The Hall–Kier alpha value is -3.77. The maximum absolute atomic E-state index is 9.51. The van der Waals surface area contributed by atoms with E-state index < -0.39 is 0 Å². The molecule has 0 atom stereocenters. The lowest BCUT2D eigenvalue weighted by atomic mass is 9.30. The van der Waals surface area contributed by atoms with Crippen molar-refractivity contribution in [1.29, 1.82) is 5.26 Å². The van der Waals surface area contributed by atoms with Gasteiger partial charge < -0.3 is 4.57 Å². The Balaban J connectivity index is 1.77. The maximum Gasteiger partial charge on any atom is 0.247 e. The largest absolute Gasteiger partial charge is 0.310 e. The minimum absolute atomic E-state index is 0.0675. The van der Waals surface area contributed by atoms with Crippen molar-refractivity contribution < 1.29 is 0 Å². The van der Waals surface area contributed by atoms with Gasteiger partial charge in [0.2, 0.25) is 6.71 Å². The third-order valence-corrected chi connectivity index (χ3v) is 7.49. The fourth-order valence-electron chi connectivity index (χ4n) is 6.17. The molecular formula is C28H19BN2. The van der Waals surface area contributed by atoms with Crippen molar-refractivity contribution in [2.24, 2.45) is 0 Å². The fourth-order valence-corrected chi connectivity index (χ4v) is 6.17. The van der Waals surface area contributed by atoms with Gasteiger partial charge in [0.1, 0.15) is 0 Å². The predicted molar refractivity (Wildman–Crippen MR) is 129 cm³/mol. The second kappa shape index (κ2) is 5.48. The molecule has 2 nitrogen and oxygen atoms in total. The van der Waals surface area contributed by atoms with Crippen molar-refractivity contribution in [3.63, 3.8) is 0 Å². The summed E-state index contributed by atoms with van der Waals surface area (Å²) in [6, 6.07) is 30.8. The van der Waals surface area contributed by atoms with Crippen molar-refractivity contribution in [2.75, 3.05) is 0 Å². The molecule has 3 heteroatoms. The molecule has 0 saturated carbocycles. The van der Waals surface area contributed by atoms with Crippen molar-refractivity contribution >= 4 is 44.9 Å². The van der Waals surface area contributed by atoms with Crippen molar-refractivity contribution in [3.8, 4) is 11.8 Å². The highest BCUT2D eigenvalue weighted by atomic mass is 15.0. The van der Waals surface area contributed by atoms with Gasteiger partial charge in [0.05, 0.1) is 17.1 Å². The zero-order chi connectivity index (χ0) is 20.9. The van der Waals surface area contributed by atoms with E-state index in [-0.39, 0.29) is 12.1 Å². The number of nitriles is 1. The lowest BCUT2D eigenvalue weighted by molar-refractivity contribution is 0.646. The van der Waals surface area contributed by atoms with Crippen LogP contribution < -0.4 is 16.4 Å². The van der Waals surface area contributed by atoms with Crippen LogP contribution in [0.15, 0.2) is 78.9 Å². The van der Waals surface area contributed by atoms with Crippen LogP contribution in [0, 0.1) is 11.3 Å². The molecule has 0 N–H and O–H groups in total. The zero-order valence-corrected chi connectivity index (χ0v) is 17.5. The average molecular weight is 394 g/mol. The number of fused-ring (bicyclic) bond motifs is 8. The van der Waals surface area contributed by atoms with Gasteiger partial charge in [-0.1, -0.05) is 73.9 Å². The monoisotopic (exact) mass is 394 g/mol. The van der Waals surface area contributed by atoms with E-state index >= 15 is 0 Å². The number of nitrogens with zero attached hydrogens (tertiary/aromatic N) is 2. The van der Waals surface area contributed by atoms with Crippen LogP contribution >= 0.6 is 0 Å². The Morgan fingerprint density at radius 3 is 2.42 bits per heavy atom. The van der Waals surface area contributed by atoms with Crippen LogP contribution in [0.3, 0.4) is 0 Å². The van der Waals surface area contributed by atoms with E-state index in [1.807, 2.05) is 12.1 Å². The highest BCUT2D eigenvalue weighted by Gasteiger charge is 2.44. The van der Waals surface area contributed by atoms with Gasteiger partial charge in [-0.3, -0.25) is 0 Å². The topological polar surface area (TPSA) is 28.7 Å². The molecule has 2 aliphatic rings. The van der Waals surface area contributed by atoms with E-state index in [1.165, 1.54) is 49.6 Å². The van der Waals surface area contributed by atoms with E-state index in [0.29, 0.717) is 5.56 Å². The maximum atomic E-state index is 9.51. The van der Waals surface area contributed by atoms with Crippen LogP contribution in [-0.2, 0) is 5.41 Å². The summed E-state index contributed by atoms with van der Waals surface area (Å²) in [6.45, 7) is 4.92. The minimum atomic E-state index is -0.0675. The average Bonchev–Trinajstić information content (AvgIpc) is 3.14. The lowest BCUT2D eigenvalue weighted by Crippen LogP contribution is -2.63. The normalized spacial score (nSPS) is 14.9. The van der Waals surface area contributed by atoms with E-state index in [2.05, 4.69) is 91.2 Å². The second-order valence-electron chi connectivity index (χ2n) is 9.31. The zero-order valence-electron chi connectivity index (χ0n) is 17.5. The lowest BCUT2D eigenvalue weighted by Gasteiger charge is -2.41. The highest BCUT2D eigenvalue weighted by molar-refractivity contribution is 6.99. The summed E-state index contributed by atoms with van der Waals surface area (Å²) in [7, 11) is 0. The number of para-hydroxylation sites is 1. The first-order valence-corrected chi connectivity index (χ1v) is 10.8. The summed E-state index contributed by atoms with van der Waals surface area (Å²) < 4.78 is 2.43. The molecule has 0 bridgehead atoms. The summed E-state index contributed by atoms with van der Waals surface area (Å²) >= 11 is 0. The van der Waals surface area contributed by atoms with E-state index in [0.717, 1.165) is 5.39 Å². The van der Waals surface area contributed by atoms with Crippen LogP contribution in [-0.4, -0.2) is 11.3 Å². The highest BCUT2D eigenvalue weighted by Crippen LogP contribution is 2.40. The number of rotatable bonds is 0. The molecule has 0 saturated heterocycles. The Morgan fingerprint density at radius 2 is 1.58 bits per heavy atom. The fraction of sp³-hybridized carbons (Fsp3) is 0.107. The third kappa shape index (κ3) is 1.89. The van der Waals surface area contributed by atoms with E-state index in [9.17, 15) is 5.26 Å². The van der Waals surface area contributed by atoms with Gasteiger partial charge >= 0.3 is 0 Å². The van der Waals surface area contributed by atoms with Gasteiger partial charge in [0.25, 0.3) is 0 Å². The van der Waals surface area contributed by atoms with Gasteiger partial charge in [-0.25, -0.2) is 0 Å². The van der Waals surface area contributed by atoms with Crippen molar-refractivity contribution in [2.45, 2.75) is 19.3 Å². The van der Waals surface area contributed by atoms with Crippen LogP contribution in [0.1, 0.15) is 30.5 Å². The molecule has 31 heavy (non-hydrogen) atoms.